The summed E-state index contributed by atoms with van der Waals surface area (Å²) in [4.78, 5) is 17.7. The van der Waals surface area contributed by atoms with Gasteiger partial charge in [0.2, 0.25) is 0 Å². The number of aryl methyl sites for hydroxylation is 3. The molecule has 3 aromatic rings. The maximum absolute atomic E-state index is 13.3. The molecule has 4 nitrogen and oxygen atoms in total. The molecule has 0 atom stereocenters. The Bertz CT molecular complexity index is 984. The summed E-state index contributed by atoms with van der Waals surface area (Å²) in [5.41, 5.74) is 6.17. The van der Waals surface area contributed by atoms with Crippen LogP contribution in [0.25, 0.3) is 0 Å². The maximum Gasteiger partial charge on any atom is 0.294 e. The summed E-state index contributed by atoms with van der Waals surface area (Å²) in [6, 6.07) is 18.6. The Morgan fingerprint density at radius 3 is 2.37 bits per heavy atom. The van der Waals surface area contributed by atoms with Crippen LogP contribution in [0.3, 0.4) is 0 Å². The second-order valence-electron chi connectivity index (χ2n) is 8.41. The molecule has 156 valence electrons. The predicted octanol–water partition coefficient (Wildman–Crippen LogP) is 5.52. The van der Waals surface area contributed by atoms with Gasteiger partial charge in [-0.2, -0.15) is 0 Å². The van der Waals surface area contributed by atoms with Gasteiger partial charge in [-0.25, -0.2) is 0 Å². The second-order valence-corrected chi connectivity index (χ2v) is 8.41. The molecule has 2 aromatic carbocycles. The standard InChI is InChI=1S/C26H30N2O2/c1-19-6-10-23(11-7-19)28(26(29)25-5-4-16-30-25)24-12-14-27(15-13-24)18-22-9-8-20(2)21(3)17-22/h4-11,16-17,24H,12-15,18H2,1-3H3. The van der Waals surface area contributed by atoms with Gasteiger partial charge in [-0.15, -0.1) is 0 Å². The lowest BCUT2D eigenvalue weighted by atomic mass is 10.00. The third-order valence-corrected chi connectivity index (χ3v) is 6.16. The molecule has 0 unspecified atom stereocenters. The first-order valence-electron chi connectivity index (χ1n) is 10.7. The summed E-state index contributed by atoms with van der Waals surface area (Å²) in [6.07, 6.45) is 3.46. The Morgan fingerprint density at radius 2 is 1.73 bits per heavy atom. The number of hydrogen-bond donors (Lipinski definition) is 0. The van der Waals surface area contributed by atoms with Crippen molar-refractivity contribution < 1.29 is 9.21 Å². The molecule has 4 heteroatoms. The van der Waals surface area contributed by atoms with Gasteiger partial charge in [-0.1, -0.05) is 35.9 Å². The third kappa shape index (κ3) is 4.49. The summed E-state index contributed by atoms with van der Waals surface area (Å²) < 4.78 is 5.43. The van der Waals surface area contributed by atoms with E-state index in [4.69, 9.17) is 4.42 Å². The van der Waals surface area contributed by atoms with E-state index in [9.17, 15) is 4.79 Å². The minimum atomic E-state index is -0.0588. The zero-order valence-electron chi connectivity index (χ0n) is 18.1. The number of furan rings is 1. The fraction of sp³-hybridized carbons (Fsp3) is 0.346. The van der Waals surface area contributed by atoms with Crippen LogP contribution in [0, 0.1) is 20.8 Å². The number of benzene rings is 2. The van der Waals surface area contributed by atoms with E-state index in [1.54, 1.807) is 18.4 Å². The highest BCUT2D eigenvalue weighted by Gasteiger charge is 2.31. The molecule has 0 radical (unpaired) electrons. The predicted molar refractivity (Wildman–Crippen MR) is 121 cm³/mol. The van der Waals surface area contributed by atoms with Gasteiger partial charge in [-0.05, 0) is 74.6 Å². The Kier molecular flexibility index (Phi) is 6.05. The van der Waals surface area contributed by atoms with Gasteiger partial charge in [0.05, 0.1) is 6.26 Å². The first-order valence-corrected chi connectivity index (χ1v) is 10.7. The molecule has 1 aliphatic rings. The summed E-state index contributed by atoms with van der Waals surface area (Å²) in [5, 5.41) is 0. The van der Waals surface area contributed by atoms with Crippen molar-refractivity contribution in [3.63, 3.8) is 0 Å². The number of amides is 1. The third-order valence-electron chi connectivity index (χ3n) is 6.16. The van der Waals surface area contributed by atoms with Crippen LogP contribution in [0.5, 0.6) is 0 Å². The summed E-state index contributed by atoms with van der Waals surface area (Å²) in [7, 11) is 0. The van der Waals surface area contributed by atoms with Crippen molar-refractivity contribution >= 4 is 11.6 Å². The van der Waals surface area contributed by atoms with Gasteiger partial charge in [0.25, 0.3) is 5.91 Å². The number of carbonyl (C=O) groups is 1. The first-order chi connectivity index (χ1) is 14.5. The number of hydrogen-bond acceptors (Lipinski definition) is 3. The van der Waals surface area contributed by atoms with Crippen LogP contribution in [0.2, 0.25) is 0 Å². The van der Waals surface area contributed by atoms with Crippen LogP contribution >= 0.6 is 0 Å². The number of piperidine rings is 1. The molecule has 0 N–H and O–H groups in total. The van der Waals surface area contributed by atoms with Crippen molar-refractivity contribution in [3.05, 3.63) is 88.9 Å². The van der Waals surface area contributed by atoms with E-state index in [2.05, 4.69) is 56.0 Å². The van der Waals surface area contributed by atoms with Crippen LogP contribution in [0.15, 0.2) is 65.3 Å². The lowest BCUT2D eigenvalue weighted by molar-refractivity contribution is 0.0931. The van der Waals surface area contributed by atoms with Crippen molar-refractivity contribution in [1.82, 2.24) is 4.90 Å². The largest absolute Gasteiger partial charge is 0.459 e. The van der Waals surface area contributed by atoms with Crippen molar-refractivity contribution in [1.29, 1.82) is 0 Å². The lowest BCUT2D eigenvalue weighted by Gasteiger charge is -2.38. The quantitative estimate of drug-likeness (QED) is 0.564. The molecule has 2 heterocycles. The van der Waals surface area contributed by atoms with E-state index < -0.39 is 0 Å². The van der Waals surface area contributed by atoms with E-state index in [-0.39, 0.29) is 11.9 Å². The number of anilines is 1. The fourth-order valence-electron chi connectivity index (χ4n) is 4.21. The van der Waals surface area contributed by atoms with Crippen LogP contribution in [-0.2, 0) is 6.54 Å². The van der Waals surface area contributed by atoms with Crippen molar-refractivity contribution in [2.24, 2.45) is 0 Å². The molecule has 0 spiro atoms. The zero-order chi connectivity index (χ0) is 21.1. The van der Waals surface area contributed by atoms with Crippen molar-refractivity contribution in [2.45, 2.75) is 46.2 Å². The van der Waals surface area contributed by atoms with Crippen LogP contribution in [0.1, 0.15) is 45.7 Å². The Balaban J connectivity index is 1.48. The molecule has 0 aliphatic carbocycles. The van der Waals surface area contributed by atoms with Crippen molar-refractivity contribution in [2.75, 3.05) is 18.0 Å². The molecule has 4 rings (SSSR count). The van der Waals surface area contributed by atoms with Crippen LogP contribution in [0.4, 0.5) is 5.69 Å². The number of nitrogens with zero attached hydrogens (tertiary/aromatic N) is 2. The molecule has 1 fully saturated rings. The highest BCUT2D eigenvalue weighted by atomic mass is 16.3. The van der Waals surface area contributed by atoms with Gasteiger partial charge in [0.1, 0.15) is 0 Å². The average Bonchev–Trinajstić information content (AvgIpc) is 3.28. The Labute approximate surface area is 179 Å². The van der Waals surface area contributed by atoms with Gasteiger partial charge in [-0.3, -0.25) is 9.69 Å². The molecule has 1 saturated heterocycles. The van der Waals surface area contributed by atoms with E-state index in [1.165, 1.54) is 22.3 Å². The summed E-state index contributed by atoms with van der Waals surface area (Å²) in [6.45, 7) is 9.31. The minimum Gasteiger partial charge on any atom is -0.459 e. The highest BCUT2D eigenvalue weighted by molar-refractivity contribution is 6.04. The van der Waals surface area contributed by atoms with Crippen LogP contribution < -0.4 is 4.90 Å². The fourth-order valence-corrected chi connectivity index (χ4v) is 4.21. The van der Waals surface area contributed by atoms with Gasteiger partial charge in [0.15, 0.2) is 5.76 Å². The maximum atomic E-state index is 13.3. The molecular formula is C26H30N2O2. The molecule has 0 bridgehead atoms. The highest BCUT2D eigenvalue weighted by Crippen LogP contribution is 2.27. The van der Waals surface area contributed by atoms with Gasteiger partial charge < -0.3 is 9.32 Å². The topological polar surface area (TPSA) is 36.7 Å². The van der Waals surface area contributed by atoms with E-state index in [0.717, 1.165) is 38.2 Å². The van der Waals surface area contributed by atoms with E-state index in [1.807, 2.05) is 17.0 Å². The second kappa shape index (κ2) is 8.88. The lowest BCUT2D eigenvalue weighted by Crippen LogP contribution is -2.47. The zero-order valence-corrected chi connectivity index (χ0v) is 18.1. The minimum absolute atomic E-state index is 0.0588. The van der Waals surface area contributed by atoms with E-state index in [0.29, 0.717) is 5.76 Å². The molecule has 1 amide bonds. The average molecular weight is 403 g/mol. The first kappa shape index (κ1) is 20.4. The number of rotatable bonds is 5. The Morgan fingerprint density at radius 1 is 1.00 bits per heavy atom. The SMILES string of the molecule is Cc1ccc(N(C(=O)c2ccco2)C2CCN(Cc3ccc(C)c(C)c3)CC2)cc1. The molecule has 1 aromatic heterocycles. The summed E-state index contributed by atoms with van der Waals surface area (Å²) in [5.74, 6) is 0.338. The summed E-state index contributed by atoms with van der Waals surface area (Å²) >= 11 is 0. The molecule has 0 saturated carbocycles. The smallest absolute Gasteiger partial charge is 0.294 e. The molecular weight excluding hydrogens is 372 g/mol. The Hall–Kier alpha value is -2.85. The van der Waals surface area contributed by atoms with Gasteiger partial charge >= 0.3 is 0 Å². The van der Waals surface area contributed by atoms with Crippen molar-refractivity contribution in [3.8, 4) is 0 Å². The van der Waals surface area contributed by atoms with Gasteiger partial charge in [0, 0.05) is 31.4 Å². The molecule has 1 aliphatic heterocycles. The van der Waals surface area contributed by atoms with E-state index >= 15 is 0 Å². The monoisotopic (exact) mass is 402 g/mol. The number of likely N-dealkylation sites (tertiary alicyclic amines) is 1. The molecule has 30 heavy (non-hydrogen) atoms. The van der Waals surface area contributed by atoms with Crippen LogP contribution in [-0.4, -0.2) is 29.9 Å². The normalized spacial score (nSPS) is 15.3. The number of carbonyl (C=O) groups excluding carboxylic acids is 1.